The molecule has 16 nitrogen and oxygen atoms in total. The number of anilines is 2. The van der Waals surface area contributed by atoms with E-state index in [2.05, 4.69) is 21.4 Å². The molecule has 4 N–H and O–H groups in total. The fraction of sp³-hybridized carbons (Fsp3) is 0.0588. The summed E-state index contributed by atoms with van der Waals surface area (Å²) in [6.07, 6.45) is 6.60. The van der Waals surface area contributed by atoms with Crippen molar-refractivity contribution in [1.29, 1.82) is 5.41 Å². The molecule has 0 radical (unpaired) electrons. The Morgan fingerprint density at radius 1 is 0.661 bits per heavy atom. The van der Waals surface area contributed by atoms with Gasteiger partial charge in [0.25, 0.3) is 0 Å². The number of hydrogen-bond acceptors (Lipinski definition) is 16. The van der Waals surface area contributed by atoms with Crippen LogP contribution in [-0.2, 0) is 39.9 Å². The van der Waals surface area contributed by atoms with Crippen LogP contribution in [0.15, 0.2) is 116 Å². The quantitative estimate of drug-likeness (QED) is 0.0887. The van der Waals surface area contributed by atoms with E-state index < -0.39 is 67.9 Å². The van der Waals surface area contributed by atoms with Crippen LogP contribution in [0.3, 0.4) is 0 Å². The Kier molecular flexibility index (Phi) is 15.3. The fourth-order valence-electron chi connectivity index (χ4n) is 5.69. The Bertz CT molecular complexity index is 2760. The average Bonchev–Trinajstić information content (AvgIpc) is 3.06. The van der Waals surface area contributed by atoms with Crippen LogP contribution in [0.25, 0.3) is 17.2 Å². The largest absolute Gasteiger partial charge is 1.00 e. The molecule has 0 heterocycles. The van der Waals surface area contributed by atoms with Crippen molar-refractivity contribution >= 4 is 70.8 Å². The van der Waals surface area contributed by atoms with E-state index in [-0.39, 0.29) is 117 Å². The van der Waals surface area contributed by atoms with Gasteiger partial charge in [-0.2, -0.15) is 5.10 Å². The van der Waals surface area contributed by atoms with Crippen molar-refractivity contribution in [2.75, 3.05) is 10.9 Å². The van der Waals surface area contributed by atoms with Crippen LogP contribution in [-0.4, -0.2) is 61.9 Å². The van der Waals surface area contributed by atoms with Crippen LogP contribution in [0, 0.1) is 19.3 Å². The normalized spacial score (nSPS) is 15.7. The van der Waals surface area contributed by atoms with Crippen molar-refractivity contribution in [1.82, 2.24) is 5.43 Å². The molecule has 0 fully saturated rings. The number of aryl methyl sites for hydroxylation is 2. The first-order valence-electron chi connectivity index (χ1n) is 15.1. The number of carbonyl (C=O) groups excluding carboxylic acids is 2. The number of nitrogens with zero attached hydrogens (tertiary/aromatic N) is 1. The van der Waals surface area contributed by atoms with Gasteiger partial charge in [-0.05, 0) is 102 Å². The average molecular weight is 844 g/mol. The standard InChI is InChI=1S/C34H27N5O11S3.3Na/c1-17-11-19(4-8-26(17)36-38-33-25(35)7-3-21-13-23(51(42,43)44)15-29(41)31(21)33)20-5-9-27(18(2)12-20)37-39-34-28(40)10-6-22-14-24(52(45,46)47)16-30(32(22)34)53(48,49)50;;;/h3-16,35-38H,1-2H3,(H,42,43,44)(H,45,46,47)(H,48,49,50);;;/q;3*+1/p-3/b35-25?,39-34+;;;. The predicted octanol–water partition coefficient (Wildman–Crippen LogP) is -6.10. The summed E-state index contributed by atoms with van der Waals surface area (Å²) in [7, 11) is -15.4. The topological polar surface area (TPSA) is 278 Å². The van der Waals surface area contributed by atoms with Crippen LogP contribution in [0.5, 0.6) is 0 Å². The van der Waals surface area contributed by atoms with Gasteiger partial charge in [0.05, 0.1) is 43.1 Å². The summed E-state index contributed by atoms with van der Waals surface area (Å²) in [6.45, 7) is 3.54. The number of fused-ring (bicyclic) bond motifs is 2. The number of nitrogens with one attached hydrogen (secondary N) is 4. The van der Waals surface area contributed by atoms with Crippen molar-refractivity contribution < 1.29 is 137 Å². The maximum absolute atomic E-state index is 12.8. The summed E-state index contributed by atoms with van der Waals surface area (Å²) in [6, 6.07) is 11.8. The third-order valence-corrected chi connectivity index (χ3v) is 10.8. The second kappa shape index (κ2) is 18.0. The second-order valence-electron chi connectivity index (χ2n) is 11.8. The van der Waals surface area contributed by atoms with Gasteiger partial charge in [0.15, 0.2) is 5.78 Å². The summed E-state index contributed by atoms with van der Waals surface area (Å²) < 4.78 is 105. The number of hydrazine groups is 1. The Morgan fingerprint density at radius 2 is 1.27 bits per heavy atom. The summed E-state index contributed by atoms with van der Waals surface area (Å²) in [5.41, 5.74) is 11.5. The minimum Gasteiger partial charge on any atom is -0.744 e. The van der Waals surface area contributed by atoms with Gasteiger partial charge >= 0.3 is 88.7 Å². The number of hydrogen-bond donors (Lipinski definition) is 4. The van der Waals surface area contributed by atoms with Gasteiger partial charge in [-0.1, -0.05) is 24.3 Å². The molecule has 0 aliphatic heterocycles. The van der Waals surface area contributed by atoms with Crippen molar-refractivity contribution in [3.8, 4) is 11.1 Å². The van der Waals surface area contributed by atoms with E-state index in [0.717, 1.165) is 47.1 Å². The molecule has 0 saturated carbocycles. The summed E-state index contributed by atoms with van der Waals surface area (Å²) >= 11 is 0. The van der Waals surface area contributed by atoms with E-state index in [1.165, 1.54) is 12.2 Å². The maximum atomic E-state index is 12.8. The van der Waals surface area contributed by atoms with Crippen LogP contribution in [0.1, 0.15) is 22.3 Å². The first kappa shape index (κ1) is 47.5. The molecule has 3 aliphatic rings. The molecule has 0 amide bonds. The molecule has 56 heavy (non-hydrogen) atoms. The Morgan fingerprint density at radius 3 is 1.82 bits per heavy atom. The molecule has 0 unspecified atom stereocenters. The van der Waals surface area contributed by atoms with Gasteiger partial charge in [0.2, 0.25) is 5.78 Å². The van der Waals surface area contributed by atoms with Gasteiger partial charge in [-0.25, -0.2) is 25.3 Å². The molecule has 0 saturated heterocycles. The molecule has 0 atom stereocenters. The Balaban J connectivity index is 0.00000280. The maximum Gasteiger partial charge on any atom is 1.00 e. The summed E-state index contributed by atoms with van der Waals surface area (Å²) in [5, 5.41) is 12.4. The van der Waals surface area contributed by atoms with Crippen LogP contribution in [0.2, 0.25) is 0 Å². The number of allylic oxidation sites excluding steroid dienone is 7. The number of hydrazone groups is 1. The van der Waals surface area contributed by atoms with E-state index in [0.29, 0.717) is 23.0 Å². The third kappa shape index (κ3) is 10.1. The molecular weight excluding hydrogens is 820 g/mol. The van der Waals surface area contributed by atoms with Crippen molar-refractivity contribution in [3.05, 3.63) is 123 Å². The van der Waals surface area contributed by atoms with Crippen molar-refractivity contribution in [3.63, 3.8) is 0 Å². The summed E-state index contributed by atoms with van der Waals surface area (Å²) in [4.78, 5) is 22.9. The van der Waals surface area contributed by atoms with E-state index in [1.807, 2.05) is 6.07 Å². The fourth-order valence-corrected chi connectivity index (χ4v) is 7.56. The molecule has 3 aromatic carbocycles. The predicted molar refractivity (Wildman–Crippen MR) is 189 cm³/mol. The zero-order chi connectivity index (χ0) is 38.6. The second-order valence-corrected chi connectivity index (χ2v) is 15.9. The minimum atomic E-state index is -5.36. The van der Waals surface area contributed by atoms with Crippen molar-refractivity contribution in [2.24, 2.45) is 5.10 Å². The first-order valence-corrected chi connectivity index (χ1v) is 19.3. The van der Waals surface area contributed by atoms with Gasteiger partial charge in [-0.3, -0.25) is 25.8 Å². The number of rotatable bonds is 9. The molecular formula is C34H24N5Na3O11S3. The zero-order valence-corrected chi connectivity index (χ0v) is 38.7. The number of carbonyl (C=O) groups is 2. The molecule has 22 heteroatoms. The smallest absolute Gasteiger partial charge is 0.744 e. The van der Waals surface area contributed by atoms with Crippen molar-refractivity contribution in [2.45, 2.75) is 23.6 Å². The van der Waals surface area contributed by atoms with Crippen LogP contribution < -0.4 is 105 Å². The molecule has 0 bridgehead atoms. The van der Waals surface area contributed by atoms with Gasteiger partial charge < -0.3 is 19.1 Å². The monoisotopic (exact) mass is 843 g/mol. The molecule has 3 aromatic rings. The van der Waals surface area contributed by atoms with E-state index in [9.17, 15) is 48.5 Å². The summed E-state index contributed by atoms with van der Waals surface area (Å²) in [5.74, 6) is -1.53. The van der Waals surface area contributed by atoms with E-state index in [1.54, 1.807) is 44.2 Å². The molecule has 6 rings (SSSR count). The third-order valence-electron chi connectivity index (χ3n) is 8.29. The van der Waals surface area contributed by atoms with Gasteiger partial charge in [0, 0.05) is 11.6 Å². The first-order chi connectivity index (χ1) is 24.7. The van der Waals surface area contributed by atoms with E-state index >= 15 is 0 Å². The Hall–Kier alpha value is -2.83. The van der Waals surface area contributed by atoms with Crippen LogP contribution >= 0.6 is 0 Å². The molecule has 3 aliphatic carbocycles. The Labute approximate surface area is 388 Å². The molecule has 272 valence electrons. The van der Waals surface area contributed by atoms with E-state index in [4.69, 9.17) is 5.41 Å². The molecule has 0 spiro atoms. The van der Waals surface area contributed by atoms with Gasteiger partial charge in [-0.15, -0.1) is 0 Å². The minimum absolute atomic E-state index is 0. The zero-order valence-electron chi connectivity index (χ0n) is 30.2. The number of benzene rings is 3. The molecule has 0 aromatic heterocycles. The van der Waals surface area contributed by atoms with Crippen LogP contribution in [0.4, 0.5) is 11.4 Å². The SMILES string of the molecule is Cc1cc(-c2ccc(NNC3=C4C(=O)C=C(S(=O)(=O)[O-])C=C4C=CC3=N)c(C)c2)ccc1N/N=C1\C(=O)C=Cc2cc(S(=O)(=O)[O-])cc(S(=O)(=O)[O-])c21.[Na+].[Na+].[Na+]. The van der Waals surface area contributed by atoms with Gasteiger partial charge in [0.1, 0.15) is 36.1 Å². The number of ketones is 2.